The summed E-state index contributed by atoms with van der Waals surface area (Å²) in [4.78, 5) is 0. The van der Waals surface area contributed by atoms with Gasteiger partial charge in [-0.25, -0.2) is 0 Å². The number of rotatable bonds is 1. The minimum absolute atomic E-state index is 0.488. The molecule has 1 rings (SSSR count). The third-order valence-corrected chi connectivity index (χ3v) is 3.48. The van der Waals surface area contributed by atoms with Gasteiger partial charge in [-0.15, -0.1) is 11.6 Å². The van der Waals surface area contributed by atoms with Crippen LogP contribution >= 0.6 is 45.8 Å². The Morgan fingerprint density at radius 3 is 2.55 bits per heavy atom. The number of hydrogen-bond donors (Lipinski definition) is 0. The predicted molar refractivity (Wildman–Crippen MR) is 58.5 cm³/mol. The van der Waals surface area contributed by atoms with Crippen LogP contribution in [0.2, 0.25) is 5.02 Å². The van der Waals surface area contributed by atoms with Gasteiger partial charge in [0.1, 0.15) is 0 Å². The fourth-order valence-corrected chi connectivity index (χ4v) is 2.05. The van der Waals surface area contributed by atoms with Crippen molar-refractivity contribution in [3.8, 4) is 0 Å². The van der Waals surface area contributed by atoms with Gasteiger partial charge in [-0.2, -0.15) is 0 Å². The molecule has 0 nitrogen and oxygen atoms in total. The maximum absolute atomic E-state index is 6.01. The molecule has 0 aromatic heterocycles. The summed E-state index contributed by atoms with van der Waals surface area (Å²) < 4.78 is 1.06. The van der Waals surface area contributed by atoms with Gasteiger partial charge in [-0.05, 0) is 46.7 Å². The zero-order valence-corrected chi connectivity index (χ0v) is 9.67. The molecule has 11 heavy (non-hydrogen) atoms. The highest BCUT2D eigenvalue weighted by Gasteiger charge is 2.05. The minimum atomic E-state index is 0.488. The Hall–Kier alpha value is 0.530. The molecule has 0 amide bonds. The summed E-state index contributed by atoms with van der Waals surface area (Å²) in [7, 11) is 0. The number of alkyl halides is 1. The standard InChI is InChI=1S/C8H7Cl2I/c1-5-2-3-7(11)8(10)6(5)4-9/h2-3H,4H2,1H3. The Morgan fingerprint density at radius 2 is 2.09 bits per heavy atom. The molecule has 0 saturated heterocycles. The molecular formula is C8H7Cl2I. The van der Waals surface area contributed by atoms with E-state index in [9.17, 15) is 0 Å². The van der Waals surface area contributed by atoms with Crippen LogP contribution in [0.1, 0.15) is 11.1 Å². The molecule has 1 aromatic rings. The summed E-state index contributed by atoms with van der Waals surface area (Å²) >= 11 is 13.9. The molecule has 0 heterocycles. The van der Waals surface area contributed by atoms with Gasteiger partial charge in [0, 0.05) is 9.45 Å². The molecule has 0 atom stereocenters. The van der Waals surface area contributed by atoms with Crippen LogP contribution in [0, 0.1) is 10.5 Å². The van der Waals surface area contributed by atoms with Crippen molar-refractivity contribution < 1.29 is 0 Å². The van der Waals surface area contributed by atoms with Crippen molar-refractivity contribution in [2.75, 3.05) is 0 Å². The summed E-state index contributed by atoms with van der Waals surface area (Å²) in [6.07, 6.45) is 0. The lowest BCUT2D eigenvalue weighted by molar-refractivity contribution is 1.29. The van der Waals surface area contributed by atoms with Gasteiger partial charge in [-0.1, -0.05) is 17.7 Å². The molecule has 0 bridgehead atoms. The zero-order valence-electron chi connectivity index (χ0n) is 6.00. The number of benzene rings is 1. The Labute approximate surface area is 90.0 Å². The van der Waals surface area contributed by atoms with E-state index in [1.807, 2.05) is 19.1 Å². The molecule has 0 fully saturated rings. The first-order chi connectivity index (χ1) is 5.16. The zero-order chi connectivity index (χ0) is 8.43. The quantitative estimate of drug-likeness (QED) is 0.543. The predicted octanol–water partition coefficient (Wildman–Crippen LogP) is 3.99. The molecule has 0 aliphatic heterocycles. The van der Waals surface area contributed by atoms with Crippen LogP contribution in [0.4, 0.5) is 0 Å². The second-order valence-electron chi connectivity index (χ2n) is 2.29. The van der Waals surface area contributed by atoms with Gasteiger partial charge in [0.05, 0.1) is 5.02 Å². The monoisotopic (exact) mass is 300 g/mol. The van der Waals surface area contributed by atoms with Crippen molar-refractivity contribution in [2.24, 2.45) is 0 Å². The van der Waals surface area contributed by atoms with E-state index in [1.165, 1.54) is 0 Å². The first-order valence-corrected chi connectivity index (χ1v) is 5.15. The van der Waals surface area contributed by atoms with Gasteiger partial charge < -0.3 is 0 Å². The third kappa shape index (κ3) is 2.01. The van der Waals surface area contributed by atoms with E-state index < -0.39 is 0 Å². The highest BCUT2D eigenvalue weighted by molar-refractivity contribution is 14.1. The summed E-state index contributed by atoms with van der Waals surface area (Å²) in [5.74, 6) is 0.488. The maximum atomic E-state index is 6.01. The largest absolute Gasteiger partial charge is 0.121 e. The second kappa shape index (κ2) is 3.97. The van der Waals surface area contributed by atoms with Crippen LogP contribution < -0.4 is 0 Å². The lowest BCUT2D eigenvalue weighted by Crippen LogP contribution is -1.88. The van der Waals surface area contributed by atoms with E-state index in [-0.39, 0.29) is 0 Å². The van der Waals surface area contributed by atoms with Crippen LogP contribution in [0.25, 0.3) is 0 Å². The fraction of sp³-hybridized carbons (Fsp3) is 0.250. The van der Waals surface area contributed by atoms with E-state index in [2.05, 4.69) is 22.6 Å². The molecule has 60 valence electrons. The highest BCUT2D eigenvalue weighted by atomic mass is 127. The van der Waals surface area contributed by atoms with Gasteiger partial charge >= 0.3 is 0 Å². The SMILES string of the molecule is Cc1ccc(I)c(Cl)c1CCl. The van der Waals surface area contributed by atoms with Crippen molar-refractivity contribution >= 4 is 45.8 Å². The summed E-state index contributed by atoms with van der Waals surface area (Å²) in [6, 6.07) is 4.03. The Morgan fingerprint density at radius 1 is 1.45 bits per heavy atom. The molecule has 0 aliphatic carbocycles. The Bertz CT molecular complexity index is 271. The van der Waals surface area contributed by atoms with Crippen LogP contribution in [0.3, 0.4) is 0 Å². The molecular weight excluding hydrogens is 294 g/mol. The first-order valence-electron chi connectivity index (χ1n) is 3.16. The molecule has 3 heteroatoms. The van der Waals surface area contributed by atoms with Crippen molar-refractivity contribution in [2.45, 2.75) is 12.8 Å². The van der Waals surface area contributed by atoms with E-state index in [0.29, 0.717) is 5.88 Å². The van der Waals surface area contributed by atoms with Crippen LogP contribution in [0.15, 0.2) is 12.1 Å². The molecule has 0 N–H and O–H groups in total. The van der Waals surface area contributed by atoms with Crippen LogP contribution in [-0.4, -0.2) is 0 Å². The fourth-order valence-electron chi connectivity index (χ4n) is 0.853. The van der Waals surface area contributed by atoms with Gasteiger partial charge in [0.25, 0.3) is 0 Å². The lowest BCUT2D eigenvalue weighted by Gasteiger charge is -2.05. The average molecular weight is 301 g/mol. The topological polar surface area (TPSA) is 0 Å². The van der Waals surface area contributed by atoms with Crippen LogP contribution in [-0.2, 0) is 5.88 Å². The van der Waals surface area contributed by atoms with Crippen molar-refractivity contribution in [1.29, 1.82) is 0 Å². The average Bonchev–Trinajstić information content (AvgIpc) is 1.99. The number of halogens is 3. The van der Waals surface area contributed by atoms with Crippen LogP contribution in [0.5, 0.6) is 0 Å². The summed E-state index contributed by atoms with van der Waals surface area (Å²) in [5, 5.41) is 0.792. The van der Waals surface area contributed by atoms with E-state index in [1.54, 1.807) is 0 Å². The minimum Gasteiger partial charge on any atom is -0.121 e. The van der Waals surface area contributed by atoms with E-state index in [4.69, 9.17) is 23.2 Å². The summed E-state index contributed by atoms with van der Waals surface area (Å²) in [6.45, 7) is 2.01. The number of aryl methyl sites for hydroxylation is 1. The molecule has 0 unspecified atom stereocenters. The second-order valence-corrected chi connectivity index (χ2v) is 4.10. The smallest absolute Gasteiger partial charge is 0.0586 e. The summed E-state index contributed by atoms with van der Waals surface area (Å²) in [5.41, 5.74) is 2.20. The normalized spacial score (nSPS) is 10.2. The van der Waals surface area contributed by atoms with Gasteiger partial charge in [0.15, 0.2) is 0 Å². The first kappa shape index (κ1) is 9.62. The van der Waals surface area contributed by atoms with Crippen molar-refractivity contribution in [1.82, 2.24) is 0 Å². The molecule has 1 aromatic carbocycles. The van der Waals surface area contributed by atoms with Crippen molar-refractivity contribution in [3.63, 3.8) is 0 Å². The Kier molecular flexibility index (Phi) is 3.47. The lowest BCUT2D eigenvalue weighted by atomic mass is 10.1. The maximum Gasteiger partial charge on any atom is 0.0586 e. The number of hydrogen-bond acceptors (Lipinski definition) is 0. The van der Waals surface area contributed by atoms with E-state index >= 15 is 0 Å². The highest BCUT2D eigenvalue weighted by Crippen LogP contribution is 2.26. The molecule has 0 aliphatic rings. The Balaban J connectivity index is 3.29. The molecule has 0 radical (unpaired) electrons. The van der Waals surface area contributed by atoms with Crippen molar-refractivity contribution in [3.05, 3.63) is 31.9 Å². The third-order valence-electron chi connectivity index (χ3n) is 1.56. The molecule has 0 saturated carbocycles. The molecule has 0 spiro atoms. The van der Waals surface area contributed by atoms with Gasteiger partial charge in [-0.3, -0.25) is 0 Å². The van der Waals surface area contributed by atoms with E-state index in [0.717, 1.165) is 19.7 Å². The van der Waals surface area contributed by atoms with Gasteiger partial charge in [0.2, 0.25) is 0 Å².